The van der Waals surface area contributed by atoms with E-state index in [2.05, 4.69) is 17.3 Å². The molecule has 1 aromatic heterocycles. The molecule has 1 amide bonds. The van der Waals surface area contributed by atoms with Crippen LogP contribution < -0.4 is 5.32 Å². The maximum absolute atomic E-state index is 13.3. The molecule has 1 N–H and O–H groups in total. The zero-order valence-corrected chi connectivity index (χ0v) is 17.5. The van der Waals surface area contributed by atoms with Crippen molar-refractivity contribution in [2.75, 3.05) is 0 Å². The Hall–Kier alpha value is -2.70. The van der Waals surface area contributed by atoms with Gasteiger partial charge in [-0.25, -0.2) is 13.9 Å². The smallest absolute Gasteiger partial charge is 0.359 e. The number of ether oxygens (including phenoxy) is 1. The zero-order valence-electron chi connectivity index (χ0n) is 17.5. The first-order valence-corrected chi connectivity index (χ1v) is 10.8. The van der Waals surface area contributed by atoms with Crippen LogP contribution >= 0.6 is 0 Å². The molecule has 0 aliphatic heterocycles. The molecule has 30 heavy (non-hydrogen) atoms. The predicted octanol–water partition coefficient (Wildman–Crippen LogP) is 3.74. The van der Waals surface area contributed by atoms with Gasteiger partial charge in [-0.15, -0.1) is 0 Å². The first-order chi connectivity index (χ1) is 14.4. The van der Waals surface area contributed by atoms with Gasteiger partial charge in [-0.3, -0.25) is 4.79 Å². The molecule has 6 nitrogen and oxygen atoms in total. The lowest BCUT2D eigenvalue weighted by Crippen LogP contribution is -2.46. The summed E-state index contributed by atoms with van der Waals surface area (Å²) in [6.07, 6.45) is 5.93. The van der Waals surface area contributed by atoms with Gasteiger partial charge in [0.15, 0.2) is 11.8 Å². The number of nitrogens with zero attached hydrogens (tertiary/aromatic N) is 2. The lowest BCUT2D eigenvalue weighted by Gasteiger charge is -2.30. The summed E-state index contributed by atoms with van der Waals surface area (Å²) in [6.45, 7) is 3.74. The monoisotopic (exact) mass is 413 g/mol. The lowest BCUT2D eigenvalue weighted by molar-refractivity contribution is -0.130. The van der Waals surface area contributed by atoms with Crippen LogP contribution in [0.2, 0.25) is 0 Å². The van der Waals surface area contributed by atoms with Gasteiger partial charge in [0.2, 0.25) is 0 Å². The van der Waals surface area contributed by atoms with Crippen LogP contribution in [0.25, 0.3) is 5.69 Å². The predicted molar refractivity (Wildman–Crippen MR) is 110 cm³/mol. The van der Waals surface area contributed by atoms with Gasteiger partial charge in [0, 0.05) is 17.3 Å². The van der Waals surface area contributed by atoms with Gasteiger partial charge in [-0.05, 0) is 69.2 Å². The van der Waals surface area contributed by atoms with Gasteiger partial charge in [-0.1, -0.05) is 19.8 Å². The van der Waals surface area contributed by atoms with Crippen molar-refractivity contribution in [1.82, 2.24) is 15.1 Å². The molecule has 1 heterocycles. The summed E-state index contributed by atoms with van der Waals surface area (Å²) in [4.78, 5) is 25.4. The van der Waals surface area contributed by atoms with Crippen molar-refractivity contribution in [2.45, 2.75) is 70.9 Å². The quantitative estimate of drug-likeness (QED) is 0.758. The molecule has 3 unspecified atom stereocenters. The number of carbonyl (C=O) groups is 2. The molecule has 2 aliphatic carbocycles. The number of rotatable bonds is 5. The third kappa shape index (κ3) is 4.11. The van der Waals surface area contributed by atoms with Crippen LogP contribution in [0.1, 0.15) is 67.7 Å². The number of hydrogen-bond donors (Lipinski definition) is 1. The minimum Gasteiger partial charge on any atom is -0.448 e. The summed E-state index contributed by atoms with van der Waals surface area (Å²) in [6, 6.07) is 6.15. The molecule has 0 radical (unpaired) electrons. The summed E-state index contributed by atoms with van der Waals surface area (Å²) in [5.41, 5.74) is 2.75. The average Bonchev–Trinajstić information content (AvgIpc) is 3.33. The largest absolute Gasteiger partial charge is 0.448 e. The highest BCUT2D eigenvalue weighted by atomic mass is 19.1. The van der Waals surface area contributed by atoms with Crippen LogP contribution in [0, 0.1) is 11.7 Å². The summed E-state index contributed by atoms with van der Waals surface area (Å²) >= 11 is 0. The maximum Gasteiger partial charge on any atom is 0.359 e. The molecule has 1 fully saturated rings. The van der Waals surface area contributed by atoms with E-state index in [1.165, 1.54) is 18.6 Å². The Balaban J connectivity index is 1.47. The van der Waals surface area contributed by atoms with E-state index in [0.29, 0.717) is 11.6 Å². The van der Waals surface area contributed by atoms with E-state index < -0.39 is 12.1 Å². The van der Waals surface area contributed by atoms with Gasteiger partial charge in [-0.2, -0.15) is 5.10 Å². The minimum atomic E-state index is -0.889. The van der Waals surface area contributed by atoms with Crippen LogP contribution in [-0.2, 0) is 22.4 Å². The van der Waals surface area contributed by atoms with E-state index in [1.54, 1.807) is 23.7 Å². The first kappa shape index (κ1) is 20.6. The van der Waals surface area contributed by atoms with Crippen LogP contribution in [0.5, 0.6) is 0 Å². The number of nitrogens with one attached hydrogen (secondary N) is 1. The number of fused-ring (bicyclic) bond motifs is 1. The first-order valence-electron chi connectivity index (χ1n) is 10.8. The van der Waals surface area contributed by atoms with E-state index in [-0.39, 0.29) is 23.5 Å². The summed E-state index contributed by atoms with van der Waals surface area (Å²) < 4.78 is 20.4. The molecule has 0 bridgehead atoms. The Kier molecular flexibility index (Phi) is 5.88. The Labute approximate surface area is 175 Å². The van der Waals surface area contributed by atoms with E-state index in [9.17, 15) is 14.0 Å². The number of hydrogen-bond acceptors (Lipinski definition) is 4. The maximum atomic E-state index is 13.3. The van der Waals surface area contributed by atoms with E-state index in [1.807, 2.05) is 0 Å². The molecular formula is C23H28FN3O3. The average molecular weight is 413 g/mol. The number of aromatic nitrogens is 2. The minimum absolute atomic E-state index is 0.134. The van der Waals surface area contributed by atoms with Gasteiger partial charge in [0.05, 0.1) is 5.69 Å². The standard InChI is InChI=1S/C23H28FN3O3/c1-14-6-3-4-8-19(14)25-22(28)15(2)30-23(29)21-18-7-5-9-20(18)27(26-21)17-12-10-16(24)11-13-17/h10-15,19H,3-9H2,1-2H3,(H,25,28). The summed E-state index contributed by atoms with van der Waals surface area (Å²) in [5.74, 6) is -0.750. The highest BCUT2D eigenvalue weighted by molar-refractivity contribution is 5.92. The second kappa shape index (κ2) is 8.58. The topological polar surface area (TPSA) is 73.2 Å². The molecule has 4 rings (SSSR count). The van der Waals surface area contributed by atoms with Crippen molar-refractivity contribution in [3.63, 3.8) is 0 Å². The van der Waals surface area contributed by atoms with E-state index in [4.69, 9.17) is 4.74 Å². The van der Waals surface area contributed by atoms with Gasteiger partial charge in [0.25, 0.3) is 5.91 Å². The summed E-state index contributed by atoms with van der Waals surface area (Å²) in [7, 11) is 0. The van der Waals surface area contributed by atoms with Crippen molar-refractivity contribution in [3.8, 4) is 5.69 Å². The Bertz CT molecular complexity index is 938. The molecule has 160 valence electrons. The van der Waals surface area contributed by atoms with Crippen LogP contribution in [0.3, 0.4) is 0 Å². The fraction of sp³-hybridized carbons (Fsp3) is 0.522. The molecule has 0 saturated heterocycles. The molecule has 1 saturated carbocycles. The lowest BCUT2D eigenvalue weighted by atomic mass is 9.86. The number of amides is 1. The normalized spacial score (nSPS) is 21.7. The van der Waals surface area contributed by atoms with Crippen molar-refractivity contribution in [1.29, 1.82) is 0 Å². The van der Waals surface area contributed by atoms with Crippen molar-refractivity contribution >= 4 is 11.9 Å². The number of esters is 1. The fourth-order valence-electron chi connectivity index (χ4n) is 4.50. The Morgan fingerprint density at radius 3 is 2.63 bits per heavy atom. The van der Waals surface area contributed by atoms with E-state index in [0.717, 1.165) is 49.8 Å². The van der Waals surface area contributed by atoms with Crippen molar-refractivity contribution in [3.05, 3.63) is 47.0 Å². The highest BCUT2D eigenvalue weighted by Gasteiger charge is 2.31. The Morgan fingerprint density at radius 1 is 1.17 bits per heavy atom. The molecule has 1 aromatic carbocycles. The third-order valence-corrected chi connectivity index (χ3v) is 6.29. The second-order valence-electron chi connectivity index (χ2n) is 8.44. The molecule has 3 atom stereocenters. The van der Waals surface area contributed by atoms with Crippen LogP contribution in [0.15, 0.2) is 24.3 Å². The van der Waals surface area contributed by atoms with Gasteiger partial charge < -0.3 is 10.1 Å². The van der Waals surface area contributed by atoms with Crippen LogP contribution in [-0.4, -0.2) is 33.8 Å². The highest BCUT2D eigenvalue weighted by Crippen LogP contribution is 2.29. The summed E-state index contributed by atoms with van der Waals surface area (Å²) in [5, 5.41) is 7.50. The third-order valence-electron chi connectivity index (χ3n) is 6.29. The van der Waals surface area contributed by atoms with Crippen molar-refractivity contribution in [2.24, 2.45) is 5.92 Å². The number of carbonyl (C=O) groups excluding carboxylic acids is 2. The SMILES string of the molecule is CC(OC(=O)c1nn(-c2ccc(F)cc2)c2c1CCC2)C(=O)NC1CCCCC1C. The zero-order chi connectivity index (χ0) is 21.3. The molecule has 7 heteroatoms. The Morgan fingerprint density at radius 2 is 1.90 bits per heavy atom. The second-order valence-corrected chi connectivity index (χ2v) is 8.44. The molecular weight excluding hydrogens is 385 g/mol. The fourth-order valence-corrected chi connectivity index (χ4v) is 4.50. The number of halogens is 1. The number of benzene rings is 1. The molecule has 2 aliphatic rings. The molecule has 0 spiro atoms. The van der Waals surface area contributed by atoms with Gasteiger partial charge in [0.1, 0.15) is 5.82 Å². The van der Waals surface area contributed by atoms with Crippen LogP contribution in [0.4, 0.5) is 4.39 Å². The van der Waals surface area contributed by atoms with Crippen molar-refractivity contribution < 1.29 is 18.7 Å². The van der Waals surface area contributed by atoms with E-state index >= 15 is 0 Å². The van der Waals surface area contributed by atoms with Gasteiger partial charge >= 0.3 is 5.97 Å². The molecule has 2 aromatic rings.